The fourth-order valence-corrected chi connectivity index (χ4v) is 2.52. The largest absolute Gasteiger partial charge is 0.497 e. The predicted molar refractivity (Wildman–Crippen MR) is 102 cm³/mol. The van der Waals surface area contributed by atoms with Crippen molar-refractivity contribution in [1.82, 2.24) is 0 Å². The van der Waals surface area contributed by atoms with Gasteiger partial charge in [-0.05, 0) is 41.0 Å². The molecule has 24 heavy (non-hydrogen) atoms. The highest BCUT2D eigenvalue weighted by molar-refractivity contribution is 5.72. The molecule has 0 saturated carbocycles. The molecule has 0 aliphatic heterocycles. The maximum Gasteiger partial charge on any atom is 0.119 e. The Balaban J connectivity index is 1.81. The lowest BCUT2D eigenvalue weighted by Crippen LogP contribution is -2.01. The van der Waals surface area contributed by atoms with Crippen LogP contribution in [0.1, 0.15) is 16.7 Å². The number of ether oxygens (including phenoxy) is 1. The van der Waals surface area contributed by atoms with Crippen molar-refractivity contribution in [3.8, 4) is 5.75 Å². The average Bonchev–Trinajstić information content (AvgIpc) is 2.66. The molecule has 0 atom stereocenters. The van der Waals surface area contributed by atoms with E-state index in [2.05, 4.69) is 53.9 Å². The van der Waals surface area contributed by atoms with Gasteiger partial charge in [-0.2, -0.15) is 0 Å². The molecular formula is C22H21NO. The van der Waals surface area contributed by atoms with Crippen LogP contribution in [0.15, 0.2) is 78.9 Å². The molecule has 0 aliphatic carbocycles. The van der Waals surface area contributed by atoms with Gasteiger partial charge in [0.1, 0.15) is 5.75 Å². The first-order chi connectivity index (χ1) is 11.8. The Morgan fingerprint density at radius 2 is 1.54 bits per heavy atom. The molecule has 0 bridgehead atoms. The van der Waals surface area contributed by atoms with Crippen LogP contribution in [0.2, 0.25) is 0 Å². The van der Waals surface area contributed by atoms with Crippen molar-refractivity contribution in [2.45, 2.75) is 6.54 Å². The van der Waals surface area contributed by atoms with Crippen molar-refractivity contribution in [3.05, 3.63) is 95.6 Å². The molecule has 0 radical (unpaired) electrons. The van der Waals surface area contributed by atoms with Crippen molar-refractivity contribution in [3.63, 3.8) is 0 Å². The topological polar surface area (TPSA) is 21.3 Å². The molecule has 0 spiro atoms. The van der Waals surface area contributed by atoms with Crippen molar-refractivity contribution in [2.75, 3.05) is 12.4 Å². The van der Waals surface area contributed by atoms with Crippen LogP contribution in [-0.4, -0.2) is 7.11 Å². The summed E-state index contributed by atoms with van der Waals surface area (Å²) in [6.07, 6.45) is 4.26. The summed E-state index contributed by atoms with van der Waals surface area (Å²) in [6, 6.07) is 26.7. The number of hydrogen-bond acceptors (Lipinski definition) is 2. The van der Waals surface area contributed by atoms with E-state index in [1.54, 1.807) is 7.11 Å². The van der Waals surface area contributed by atoms with Gasteiger partial charge in [0.2, 0.25) is 0 Å². The standard InChI is InChI=1S/C22H21NO/c1-24-22-15-14-20(17-23-21-10-6-3-7-11-21)19(16-22)13-12-18-8-4-2-5-9-18/h2-16,23H,17H2,1H3/b13-12+. The quantitative estimate of drug-likeness (QED) is 0.608. The molecule has 2 heteroatoms. The predicted octanol–water partition coefficient (Wildman–Crippen LogP) is 5.48. The van der Waals surface area contributed by atoms with Gasteiger partial charge in [0.25, 0.3) is 0 Å². The molecule has 0 aliphatic rings. The third-order valence-electron chi connectivity index (χ3n) is 3.86. The fraction of sp³-hybridized carbons (Fsp3) is 0.0909. The highest BCUT2D eigenvalue weighted by atomic mass is 16.5. The Hall–Kier alpha value is -3.00. The van der Waals surface area contributed by atoms with Crippen LogP contribution < -0.4 is 10.1 Å². The molecule has 3 aromatic rings. The van der Waals surface area contributed by atoms with Gasteiger partial charge in [-0.25, -0.2) is 0 Å². The van der Waals surface area contributed by atoms with E-state index in [1.165, 1.54) is 11.1 Å². The first kappa shape index (κ1) is 15.9. The van der Waals surface area contributed by atoms with E-state index in [0.29, 0.717) is 0 Å². The minimum Gasteiger partial charge on any atom is -0.497 e. The lowest BCUT2D eigenvalue weighted by atomic mass is 10.0. The molecule has 3 aromatic carbocycles. The van der Waals surface area contributed by atoms with Gasteiger partial charge < -0.3 is 10.1 Å². The van der Waals surface area contributed by atoms with Crippen LogP contribution in [-0.2, 0) is 6.54 Å². The van der Waals surface area contributed by atoms with Gasteiger partial charge in [-0.15, -0.1) is 0 Å². The summed E-state index contributed by atoms with van der Waals surface area (Å²) in [5.41, 5.74) is 4.68. The number of methoxy groups -OCH3 is 1. The average molecular weight is 315 g/mol. The maximum absolute atomic E-state index is 5.37. The summed E-state index contributed by atoms with van der Waals surface area (Å²) >= 11 is 0. The van der Waals surface area contributed by atoms with Crippen molar-refractivity contribution in [1.29, 1.82) is 0 Å². The normalized spacial score (nSPS) is 10.7. The number of hydrogen-bond donors (Lipinski definition) is 1. The molecule has 2 nitrogen and oxygen atoms in total. The SMILES string of the molecule is COc1ccc(CNc2ccccc2)c(/C=C/c2ccccc2)c1. The fourth-order valence-electron chi connectivity index (χ4n) is 2.52. The zero-order valence-electron chi connectivity index (χ0n) is 13.8. The highest BCUT2D eigenvalue weighted by Crippen LogP contribution is 2.21. The van der Waals surface area contributed by atoms with E-state index in [9.17, 15) is 0 Å². The first-order valence-corrected chi connectivity index (χ1v) is 8.04. The lowest BCUT2D eigenvalue weighted by Gasteiger charge is -2.11. The lowest BCUT2D eigenvalue weighted by molar-refractivity contribution is 0.414. The monoisotopic (exact) mass is 315 g/mol. The summed E-state index contributed by atoms with van der Waals surface area (Å²) in [6.45, 7) is 0.766. The minimum atomic E-state index is 0.766. The highest BCUT2D eigenvalue weighted by Gasteiger charge is 2.02. The zero-order valence-corrected chi connectivity index (χ0v) is 13.8. The van der Waals surface area contributed by atoms with Crippen molar-refractivity contribution < 1.29 is 4.74 Å². The van der Waals surface area contributed by atoms with E-state index in [-0.39, 0.29) is 0 Å². The minimum absolute atomic E-state index is 0.766. The van der Waals surface area contributed by atoms with Gasteiger partial charge >= 0.3 is 0 Å². The maximum atomic E-state index is 5.37. The van der Waals surface area contributed by atoms with Crippen LogP contribution in [0.4, 0.5) is 5.69 Å². The van der Waals surface area contributed by atoms with Crippen LogP contribution in [0, 0.1) is 0 Å². The van der Waals surface area contributed by atoms with Crippen LogP contribution in [0.5, 0.6) is 5.75 Å². The summed E-state index contributed by atoms with van der Waals surface area (Å²) in [5.74, 6) is 0.867. The second kappa shape index (κ2) is 8.02. The number of rotatable bonds is 6. The third-order valence-corrected chi connectivity index (χ3v) is 3.86. The van der Waals surface area contributed by atoms with E-state index in [1.807, 2.05) is 42.5 Å². The molecule has 0 fully saturated rings. The number of anilines is 1. The third kappa shape index (κ3) is 4.26. The zero-order chi connectivity index (χ0) is 16.6. The van der Waals surface area contributed by atoms with E-state index >= 15 is 0 Å². The van der Waals surface area contributed by atoms with Crippen LogP contribution in [0.3, 0.4) is 0 Å². The molecule has 0 amide bonds. The van der Waals surface area contributed by atoms with Crippen molar-refractivity contribution >= 4 is 17.8 Å². The number of nitrogens with one attached hydrogen (secondary N) is 1. The molecule has 120 valence electrons. The summed E-state index contributed by atoms with van der Waals surface area (Å²) in [7, 11) is 1.70. The van der Waals surface area contributed by atoms with Gasteiger partial charge in [0, 0.05) is 12.2 Å². The Kier molecular flexibility index (Phi) is 5.31. The second-order valence-corrected chi connectivity index (χ2v) is 5.53. The molecule has 0 heterocycles. The first-order valence-electron chi connectivity index (χ1n) is 8.04. The van der Waals surface area contributed by atoms with Gasteiger partial charge in [0.05, 0.1) is 7.11 Å². The molecule has 0 unspecified atom stereocenters. The Bertz CT molecular complexity index is 795. The van der Waals surface area contributed by atoms with Gasteiger partial charge in [-0.1, -0.05) is 66.7 Å². The van der Waals surface area contributed by atoms with E-state index in [4.69, 9.17) is 4.74 Å². The summed E-state index contributed by atoms with van der Waals surface area (Å²) in [4.78, 5) is 0. The smallest absolute Gasteiger partial charge is 0.119 e. The van der Waals surface area contributed by atoms with E-state index in [0.717, 1.165) is 23.5 Å². The summed E-state index contributed by atoms with van der Waals surface area (Å²) < 4.78 is 5.37. The van der Waals surface area contributed by atoms with Gasteiger partial charge in [0.15, 0.2) is 0 Å². The number of para-hydroxylation sites is 1. The van der Waals surface area contributed by atoms with Crippen LogP contribution in [0.25, 0.3) is 12.2 Å². The Morgan fingerprint density at radius 1 is 0.833 bits per heavy atom. The molecular weight excluding hydrogens is 294 g/mol. The number of benzene rings is 3. The van der Waals surface area contributed by atoms with E-state index < -0.39 is 0 Å². The Morgan fingerprint density at radius 3 is 2.25 bits per heavy atom. The van der Waals surface area contributed by atoms with Crippen molar-refractivity contribution in [2.24, 2.45) is 0 Å². The molecule has 3 rings (SSSR count). The summed E-state index contributed by atoms with van der Waals surface area (Å²) in [5, 5.41) is 3.46. The molecule has 0 saturated heterocycles. The van der Waals surface area contributed by atoms with Crippen LogP contribution >= 0.6 is 0 Å². The molecule has 1 N–H and O–H groups in total. The molecule has 0 aromatic heterocycles. The Labute approximate surface area is 143 Å². The second-order valence-electron chi connectivity index (χ2n) is 5.53. The van der Waals surface area contributed by atoms with Gasteiger partial charge in [-0.3, -0.25) is 0 Å².